The SMILES string of the molecule is CSN1CCN(SC)C1CCl.C[CH]=[Ru+].Cc1cccc(C)c1[S-]. The Kier molecular flexibility index (Phi) is 14.6. The molecule has 1 aromatic rings. The van der Waals surface area contributed by atoms with E-state index in [9.17, 15) is 0 Å². The maximum atomic E-state index is 5.84. The zero-order chi connectivity index (χ0) is 17.8. The van der Waals surface area contributed by atoms with E-state index in [0.29, 0.717) is 12.0 Å². The Morgan fingerprint density at radius 1 is 1.22 bits per heavy atom. The van der Waals surface area contributed by atoms with Crippen LogP contribution in [0.2, 0.25) is 0 Å². The normalized spacial score (nSPS) is 15.4. The molecule has 2 nitrogen and oxygen atoms in total. The van der Waals surface area contributed by atoms with Crippen molar-refractivity contribution in [3.8, 4) is 0 Å². The monoisotopic (exact) mass is 479 g/mol. The van der Waals surface area contributed by atoms with Gasteiger partial charge in [-0.2, -0.15) is 4.90 Å². The van der Waals surface area contributed by atoms with Gasteiger partial charge in [0, 0.05) is 13.1 Å². The predicted molar refractivity (Wildman–Crippen MR) is 108 cm³/mol. The van der Waals surface area contributed by atoms with Gasteiger partial charge in [0.25, 0.3) is 0 Å². The summed E-state index contributed by atoms with van der Waals surface area (Å²) in [6, 6.07) is 6.10. The number of hydrogen-bond donors (Lipinski definition) is 0. The fourth-order valence-corrected chi connectivity index (χ4v) is 4.10. The van der Waals surface area contributed by atoms with Crippen LogP contribution in [0.3, 0.4) is 0 Å². The van der Waals surface area contributed by atoms with Crippen molar-refractivity contribution in [2.75, 3.05) is 31.5 Å². The van der Waals surface area contributed by atoms with E-state index < -0.39 is 0 Å². The summed E-state index contributed by atoms with van der Waals surface area (Å²) < 4.78 is 6.58. The third kappa shape index (κ3) is 8.66. The van der Waals surface area contributed by atoms with Gasteiger partial charge in [-0.1, -0.05) is 53.2 Å². The molecule has 0 bridgehead atoms. The number of alkyl halides is 1. The Balaban J connectivity index is 0.000000365. The van der Waals surface area contributed by atoms with Gasteiger partial charge in [-0.15, -0.1) is 11.6 Å². The number of rotatable bonds is 3. The van der Waals surface area contributed by atoms with Crippen molar-refractivity contribution in [1.29, 1.82) is 0 Å². The van der Waals surface area contributed by atoms with Crippen LogP contribution in [0, 0.1) is 13.8 Å². The van der Waals surface area contributed by atoms with E-state index in [1.807, 2.05) is 43.6 Å². The van der Waals surface area contributed by atoms with Gasteiger partial charge in [-0.05, 0) is 26.4 Å². The number of nitrogens with zero attached hydrogens (tertiary/aromatic N) is 2. The van der Waals surface area contributed by atoms with Crippen LogP contribution in [0.15, 0.2) is 23.1 Å². The zero-order valence-electron chi connectivity index (χ0n) is 14.4. The van der Waals surface area contributed by atoms with Gasteiger partial charge in [0.05, 0.1) is 12.0 Å². The first-order valence-corrected chi connectivity index (χ1v) is 11.5. The van der Waals surface area contributed by atoms with Crippen molar-refractivity contribution < 1.29 is 17.9 Å². The van der Waals surface area contributed by atoms with E-state index in [1.165, 1.54) is 11.1 Å². The molecule has 133 valence electrons. The van der Waals surface area contributed by atoms with Crippen molar-refractivity contribution >= 4 is 52.7 Å². The third-order valence-electron chi connectivity index (χ3n) is 3.22. The van der Waals surface area contributed by atoms with Gasteiger partial charge in [-0.3, -0.25) is 0 Å². The van der Waals surface area contributed by atoms with Crippen molar-refractivity contribution in [3.05, 3.63) is 29.3 Å². The van der Waals surface area contributed by atoms with E-state index in [4.69, 9.17) is 24.2 Å². The molecule has 0 spiro atoms. The molecule has 0 aromatic heterocycles. The second-order valence-corrected chi connectivity index (χ2v) is 8.10. The molecule has 0 amide bonds. The van der Waals surface area contributed by atoms with Gasteiger partial charge < -0.3 is 12.6 Å². The Morgan fingerprint density at radius 2 is 1.61 bits per heavy atom. The maximum absolute atomic E-state index is 5.84. The molecule has 2 rings (SSSR count). The van der Waals surface area contributed by atoms with Crippen molar-refractivity contribution in [2.45, 2.75) is 31.8 Å². The van der Waals surface area contributed by atoms with Crippen LogP contribution >= 0.6 is 35.5 Å². The summed E-state index contributed by atoms with van der Waals surface area (Å²) in [5, 5.41) is 0. The zero-order valence-corrected chi connectivity index (χ0v) is 19.3. The van der Waals surface area contributed by atoms with Crippen molar-refractivity contribution in [1.82, 2.24) is 8.61 Å². The van der Waals surface area contributed by atoms with Gasteiger partial charge in [0.15, 0.2) is 0 Å². The van der Waals surface area contributed by atoms with Crippen LogP contribution in [0.1, 0.15) is 18.1 Å². The fraction of sp³-hybridized carbons (Fsp3) is 0.562. The molecule has 0 aliphatic carbocycles. The molecule has 1 saturated heterocycles. The molecule has 0 atom stereocenters. The molecule has 0 N–H and O–H groups in total. The molecule has 23 heavy (non-hydrogen) atoms. The van der Waals surface area contributed by atoms with Crippen LogP contribution in [0.4, 0.5) is 0 Å². The van der Waals surface area contributed by atoms with Crippen molar-refractivity contribution in [3.63, 3.8) is 0 Å². The van der Waals surface area contributed by atoms with Gasteiger partial charge in [-0.25, -0.2) is 8.61 Å². The van der Waals surface area contributed by atoms with Crippen LogP contribution in [0.25, 0.3) is 0 Å². The van der Waals surface area contributed by atoms with E-state index in [1.54, 1.807) is 23.9 Å². The minimum atomic E-state index is 0.418. The molecule has 1 aromatic carbocycles. The summed E-state index contributed by atoms with van der Waals surface area (Å²) in [6.07, 6.45) is 4.62. The minimum absolute atomic E-state index is 0.418. The molecular formula is C16H26ClN2RuS3. The average molecular weight is 479 g/mol. The maximum Gasteiger partial charge on any atom is -0.0412 e. The molecule has 1 heterocycles. The molecular weight excluding hydrogens is 453 g/mol. The van der Waals surface area contributed by atoms with Gasteiger partial charge >= 0.3 is 29.4 Å². The third-order valence-corrected chi connectivity index (χ3v) is 5.93. The molecule has 1 aliphatic heterocycles. The Labute approximate surface area is 171 Å². The van der Waals surface area contributed by atoms with Crippen LogP contribution in [-0.4, -0.2) is 50.9 Å². The second kappa shape index (κ2) is 14.1. The molecule has 0 unspecified atom stereocenters. The smallest absolute Gasteiger partial charge is 0.0412 e. The van der Waals surface area contributed by atoms with E-state index in [0.717, 1.165) is 18.0 Å². The van der Waals surface area contributed by atoms with E-state index in [-0.39, 0.29) is 0 Å². The summed E-state index contributed by atoms with van der Waals surface area (Å²) in [5.74, 6) is 0.696. The Bertz CT molecular complexity index is 431. The summed E-state index contributed by atoms with van der Waals surface area (Å²) in [7, 11) is 0. The van der Waals surface area contributed by atoms with E-state index >= 15 is 0 Å². The van der Waals surface area contributed by atoms with Crippen LogP contribution < -0.4 is 0 Å². The Morgan fingerprint density at radius 3 is 1.87 bits per heavy atom. The summed E-state index contributed by atoms with van der Waals surface area (Å²) in [5.41, 5.74) is 2.40. The standard InChI is InChI=1S/C8H10S.C6H13ClN2S2.C2H4.Ru/c1-6-4-3-5-7(2)8(6)9;1-10-8-3-4-9(11-2)6(8)5-7;1-2;/h3-5,9H,1-2H3;6H,3-5H2,1-2H3;1H,2H3;/q;;;+1/p-1. The molecule has 0 radical (unpaired) electrons. The summed E-state index contributed by atoms with van der Waals surface area (Å²) >= 11 is 16.9. The minimum Gasteiger partial charge on any atom is -0.779 e. The predicted octanol–water partition coefficient (Wildman–Crippen LogP) is 4.29. The van der Waals surface area contributed by atoms with E-state index in [2.05, 4.69) is 39.0 Å². The summed E-state index contributed by atoms with van der Waals surface area (Å²) in [6.45, 7) is 8.29. The molecule has 0 saturated carbocycles. The number of aryl methyl sites for hydroxylation is 2. The largest absolute Gasteiger partial charge is 0.779 e. The first-order chi connectivity index (χ1) is 11.0. The summed E-state index contributed by atoms with van der Waals surface area (Å²) in [4.78, 5) is 0.998. The number of hydrogen-bond acceptors (Lipinski definition) is 5. The first-order valence-electron chi connectivity index (χ1n) is 7.24. The molecule has 1 aliphatic rings. The van der Waals surface area contributed by atoms with Crippen LogP contribution in [0.5, 0.6) is 0 Å². The first kappa shape index (κ1) is 23.8. The van der Waals surface area contributed by atoms with Crippen LogP contribution in [-0.2, 0) is 30.5 Å². The van der Waals surface area contributed by atoms with Gasteiger partial charge in [0.1, 0.15) is 0 Å². The molecule has 7 heteroatoms. The quantitative estimate of drug-likeness (QED) is 0.276. The second-order valence-electron chi connectivity index (χ2n) is 4.71. The number of benzene rings is 1. The fourth-order valence-electron chi connectivity index (χ4n) is 2.02. The Hall–Kier alpha value is 0.843. The molecule has 1 fully saturated rings. The number of halogens is 1. The topological polar surface area (TPSA) is 6.48 Å². The van der Waals surface area contributed by atoms with Gasteiger partial charge in [0.2, 0.25) is 0 Å². The average Bonchev–Trinajstić information content (AvgIpc) is 2.96. The van der Waals surface area contributed by atoms with Crippen molar-refractivity contribution in [2.24, 2.45) is 0 Å².